The zero-order chi connectivity index (χ0) is 26.8. The monoisotopic (exact) mass is 511 g/mol. The number of halogens is 9. The van der Waals surface area contributed by atoms with Crippen LogP contribution in [0.2, 0.25) is 0 Å². The molecule has 1 atom stereocenters. The Balaban J connectivity index is 2.56. The van der Waals surface area contributed by atoms with Crippen LogP contribution >= 0.6 is 0 Å². The number of amides is 1. The number of hydrogen-bond donors (Lipinski definition) is 1. The predicted octanol–water partition coefficient (Wildman–Crippen LogP) is 7.25. The summed E-state index contributed by atoms with van der Waals surface area (Å²) in [6, 6.07) is 2.50. The SMILES string of the molecule is CC(C)(C)OC(=O)N[C@@H](c1ccccc1C#Cc1cc(C(F)(F)F)cc(C(F)(F)F)c1)C(F)(F)F. The summed E-state index contributed by atoms with van der Waals surface area (Å²) in [4.78, 5) is 12.0. The van der Waals surface area contributed by atoms with E-state index in [1.54, 1.807) is 5.32 Å². The summed E-state index contributed by atoms with van der Waals surface area (Å²) in [6.45, 7) is 4.29. The van der Waals surface area contributed by atoms with Crippen molar-refractivity contribution < 1.29 is 49.0 Å². The molecule has 0 fully saturated rings. The fraction of sp³-hybridized carbons (Fsp3) is 0.348. The number of ether oxygens (including phenoxy) is 1. The van der Waals surface area contributed by atoms with Crippen molar-refractivity contribution in [2.45, 2.75) is 50.9 Å². The third-order valence-electron chi connectivity index (χ3n) is 4.19. The fourth-order valence-corrected chi connectivity index (χ4v) is 2.79. The molecule has 2 rings (SSSR count). The molecule has 0 spiro atoms. The molecule has 2 aromatic carbocycles. The van der Waals surface area contributed by atoms with Crippen LogP contribution < -0.4 is 5.32 Å². The van der Waals surface area contributed by atoms with Crippen LogP contribution in [0.15, 0.2) is 42.5 Å². The molecular weight excluding hydrogens is 493 g/mol. The highest BCUT2D eigenvalue weighted by Gasteiger charge is 2.43. The molecule has 1 N–H and O–H groups in total. The average molecular weight is 511 g/mol. The Bertz CT molecular complexity index is 1100. The second-order valence-corrected chi connectivity index (χ2v) is 8.25. The summed E-state index contributed by atoms with van der Waals surface area (Å²) in [5.41, 5.74) is -6.03. The van der Waals surface area contributed by atoms with E-state index in [9.17, 15) is 44.3 Å². The Morgan fingerprint density at radius 2 is 1.34 bits per heavy atom. The Labute approximate surface area is 194 Å². The maximum absolute atomic E-state index is 13.7. The molecule has 0 unspecified atom stereocenters. The number of hydrogen-bond acceptors (Lipinski definition) is 2. The minimum atomic E-state index is -5.12. The van der Waals surface area contributed by atoms with E-state index >= 15 is 0 Å². The van der Waals surface area contributed by atoms with E-state index in [1.165, 1.54) is 32.9 Å². The lowest BCUT2D eigenvalue weighted by Crippen LogP contribution is -2.41. The van der Waals surface area contributed by atoms with E-state index in [2.05, 4.69) is 11.8 Å². The average Bonchev–Trinajstić information content (AvgIpc) is 2.67. The van der Waals surface area contributed by atoms with Gasteiger partial charge in [0.2, 0.25) is 0 Å². The number of nitrogens with one attached hydrogen (secondary N) is 1. The molecule has 0 aliphatic heterocycles. The molecule has 12 heteroatoms. The van der Waals surface area contributed by atoms with E-state index in [0.29, 0.717) is 12.1 Å². The lowest BCUT2D eigenvalue weighted by Gasteiger charge is -2.26. The van der Waals surface area contributed by atoms with E-state index < -0.39 is 58.5 Å². The van der Waals surface area contributed by atoms with Crippen molar-refractivity contribution in [3.63, 3.8) is 0 Å². The first-order valence-corrected chi connectivity index (χ1v) is 9.74. The summed E-state index contributed by atoms with van der Waals surface area (Å²) in [7, 11) is 0. The minimum Gasteiger partial charge on any atom is -0.444 e. The molecule has 0 saturated carbocycles. The molecule has 0 aliphatic carbocycles. The third-order valence-corrected chi connectivity index (χ3v) is 4.19. The van der Waals surface area contributed by atoms with Crippen molar-refractivity contribution >= 4 is 6.09 Å². The van der Waals surface area contributed by atoms with Crippen LogP contribution in [0.25, 0.3) is 0 Å². The fourth-order valence-electron chi connectivity index (χ4n) is 2.79. The first-order valence-electron chi connectivity index (χ1n) is 9.74. The first kappa shape index (κ1) is 27.9. The standard InChI is InChI=1S/C23H18F9NO2/c1-20(2,3)35-19(34)33-18(23(30,31)32)17-7-5-4-6-14(17)9-8-13-10-15(21(24,25)26)12-16(11-13)22(27,28)29/h4-7,10-12,18H,1-3H3,(H,33,34)/t18-/m0/s1. The molecule has 0 aromatic heterocycles. The van der Waals surface area contributed by atoms with Crippen molar-refractivity contribution in [2.24, 2.45) is 0 Å². The van der Waals surface area contributed by atoms with E-state index in [4.69, 9.17) is 4.74 Å². The van der Waals surface area contributed by atoms with Gasteiger partial charge in [0.25, 0.3) is 0 Å². The topological polar surface area (TPSA) is 38.3 Å². The highest BCUT2D eigenvalue weighted by molar-refractivity contribution is 5.69. The Morgan fingerprint density at radius 1 is 0.829 bits per heavy atom. The Hall–Kier alpha value is -3.36. The van der Waals surface area contributed by atoms with Gasteiger partial charge in [-0.1, -0.05) is 30.0 Å². The van der Waals surface area contributed by atoms with Crippen molar-refractivity contribution in [2.75, 3.05) is 0 Å². The van der Waals surface area contributed by atoms with Crippen LogP contribution in [0.1, 0.15) is 54.6 Å². The lowest BCUT2D eigenvalue weighted by molar-refractivity contribution is -0.157. The van der Waals surface area contributed by atoms with Gasteiger partial charge in [0.15, 0.2) is 6.04 Å². The normalized spacial score (nSPS) is 13.5. The number of alkyl halides is 9. The second-order valence-electron chi connectivity index (χ2n) is 8.25. The molecule has 3 nitrogen and oxygen atoms in total. The van der Waals surface area contributed by atoms with E-state index in [1.807, 2.05) is 0 Å². The maximum Gasteiger partial charge on any atom is 0.416 e. The van der Waals surface area contributed by atoms with Gasteiger partial charge < -0.3 is 10.1 Å². The van der Waals surface area contributed by atoms with Gasteiger partial charge in [0.1, 0.15) is 5.60 Å². The third kappa shape index (κ3) is 8.12. The van der Waals surface area contributed by atoms with Crippen molar-refractivity contribution in [3.8, 4) is 11.8 Å². The van der Waals surface area contributed by atoms with Crippen LogP contribution in [0.5, 0.6) is 0 Å². The smallest absolute Gasteiger partial charge is 0.416 e. The molecule has 0 aliphatic rings. The van der Waals surface area contributed by atoms with Gasteiger partial charge in [0, 0.05) is 11.1 Å². The van der Waals surface area contributed by atoms with Gasteiger partial charge in [-0.05, 0) is 50.6 Å². The van der Waals surface area contributed by atoms with Crippen molar-refractivity contribution in [1.29, 1.82) is 0 Å². The van der Waals surface area contributed by atoms with Crippen LogP contribution in [0.4, 0.5) is 44.3 Å². The summed E-state index contributed by atoms with van der Waals surface area (Å²) in [5.74, 6) is 4.25. The van der Waals surface area contributed by atoms with Gasteiger partial charge in [-0.25, -0.2) is 4.79 Å². The van der Waals surface area contributed by atoms with Crippen LogP contribution in [-0.2, 0) is 17.1 Å². The number of rotatable bonds is 2. The number of alkyl carbamates (subject to hydrolysis) is 1. The number of benzene rings is 2. The largest absolute Gasteiger partial charge is 0.444 e. The number of carbonyl (C=O) groups is 1. The van der Waals surface area contributed by atoms with Gasteiger partial charge in [-0.2, -0.15) is 39.5 Å². The molecule has 1 amide bonds. The quantitative estimate of drug-likeness (QED) is 0.341. The zero-order valence-corrected chi connectivity index (χ0v) is 18.3. The minimum absolute atomic E-state index is 0.0937. The number of carbonyl (C=O) groups excluding carboxylic acids is 1. The van der Waals surface area contributed by atoms with Gasteiger partial charge in [0.05, 0.1) is 11.1 Å². The van der Waals surface area contributed by atoms with Crippen molar-refractivity contribution in [3.05, 3.63) is 70.3 Å². The van der Waals surface area contributed by atoms with Crippen molar-refractivity contribution in [1.82, 2.24) is 5.32 Å². The summed E-state index contributed by atoms with van der Waals surface area (Å²) < 4.78 is 124. The summed E-state index contributed by atoms with van der Waals surface area (Å²) in [6.07, 6.45) is -16.7. The van der Waals surface area contributed by atoms with Gasteiger partial charge in [-0.15, -0.1) is 0 Å². The van der Waals surface area contributed by atoms with Gasteiger partial charge in [-0.3, -0.25) is 0 Å². The Morgan fingerprint density at radius 3 is 1.80 bits per heavy atom. The summed E-state index contributed by atoms with van der Waals surface area (Å²) in [5, 5.41) is 1.67. The van der Waals surface area contributed by atoms with E-state index in [-0.39, 0.29) is 11.6 Å². The Kier molecular flexibility index (Phi) is 7.74. The molecular formula is C23H18F9NO2. The highest BCUT2D eigenvalue weighted by Crippen LogP contribution is 2.37. The van der Waals surface area contributed by atoms with Gasteiger partial charge >= 0.3 is 24.6 Å². The molecule has 0 saturated heterocycles. The summed E-state index contributed by atoms with van der Waals surface area (Å²) >= 11 is 0. The first-order chi connectivity index (χ1) is 15.8. The van der Waals surface area contributed by atoms with E-state index in [0.717, 1.165) is 12.1 Å². The lowest BCUT2D eigenvalue weighted by atomic mass is 9.99. The molecule has 0 heterocycles. The second kappa shape index (κ2) is 9.71. The molecule has 0 bridgehead atoms. The zero-order valence-electron chi connectivity index (χ0n) is 18.3. The highest BCUT2D eigenvalue weighted by atomic mass is 19.4. The van der Waals surface area contributed by atoms with Crippen LogP contribution in [-0.4, -0.2) is 17.9 Å². The molecule has 2 aromatic rings. The maximum atomic E-state index is 13.7. The molecule has 190 valence electrons. The molecule has 35 heavy (non-hydrogen) atoms. The van der Waals surface area contributed by atoms with Crippen LogP contribution in [0, 0.1) is 11.8 Å². The predicted molar refractivity (Wildman–Crippen MR) is 107 cm³/mol. The molecule has 0 radical (unpaired) electrons. The van der Waals surface area contributed by atoms with Crippen LogP contribution in [0.3, 0.4) is 0 Å².